The average molecular weight is 282 g/mol. The molecule has 1 aliphatic heterocycles. The molecule has 0 amide bonds. The Morgan fingerprint density at radius 2 is 2.00 bits per heavy atom. The van der Waals surface area contributed by atoms with Crippen LogP contribution in [0.25, 0.3) is 0 Å². The molecule has 108 valence electrons. The summed E-state index contributed by atoms with van der Waals surface area (Å²) < 4.78 is 6.08. The van der Waals surface area contributed by atoms with Crippen LogP contribution in [0.4, 0.5) is 0 Å². The summed E-state index contributed by atoms with van der Waals surface area (Å²) in [5.41, 5.74) is 3.46. The van der Waals surface area contributed by atoms with Crippen LogP contribution in [-0.4, -0.2) is 11.1 Å². The molecule has 3 heteroatoms. The Bertz CT molecular complexity index is 634. The number of rotatable bonds is 4. The molecule has 3 nitrogen and oxygen atoms in total. The number of fused-ring (bicyclic) bond motifs is 1. The van der Waals surface area contributed by atoms with Gasteiger partial charge in [-0.25, -0.2) is 0 Å². The van der Waals surface area contributed by atoms with E-state index in [0.29, 0.717) is 6.42 Å². The summed E-state index contributed by atoms with van der Waals surface area (Å²) in [5, 5.41) is 8.75. The third-order valence-electron chi connectivity index (χ3n) is 3.87. The molecule has 1 unspecified atom stereocenters. The fraction of sp³-hybridized carbons (Fsp3) is 0.278. The number of carboxylic acid groups (broad SMARTS) is 1. The minimum Gasteiger partial charge on any atom is -0.485 e. The minimum absolute atomic E-state index is 0.114. The lowest BCUT2D eigenvalue weighted by Crippen LogP contribution is -2.15. The van der Waals surface area contributed by atoms with Crippen molar-refractivity contribution in [2.45, 2.75) is 31.8 Å². The molecule has 0 fully saturated rings. The van der Waals surface area contributed by atoms with Crippen LogP contribution in [0.2, 0.25) is 0 Å². The van der Waals surface area contributed by atoms with E-state index in [0.717, 1.165) is 24.2 Å². The van der Waals surface area contributed by atoms with Crippen LogP contribution >= 0.6 is 0 Å². The number of benzene rings is 2. The van der Waals surface area contributed by atoms with Gasteiger partial charge in [0.05, 0.1) is 0 Å². The van der Waals surface area contributed by atoms with Crippen LogP contribution in [0.3, 0.4) is 0 Å². The van der Waals surface area contributed by atoms with E-state index >= 15 is 0 Å². The van der Waals surface area contributed by atoms with Crippen LogP contribution in [0.15, 0.2) is 48.5 Å². The SMILES string of the molecule is O=C(O)CCc1ccc2c(c1)CCC(c1ccccc1)O2. The highest BCUT2D eigenvalue weighted by molar-refractivity contribution is 5.67. The zero-order chi connectivity index (χ0) is 14.7. The molecule has 0 saturated heterocycles. The maximum atomic E-state index is 10.6. The van der Waals surface area contributed by atoms with Gasteiger partial charge in [-0.2, -0.15) is 0 Å². The van der Waals surface area contributed by atoms with Gasteiger partial charge in [0, 0.05) is 6.42 Å². The van der Waals surface area contributed by atoms with Crippen molar-refractivity contribution in [2.75, 3.05) is 0 Å². The Balaban J connectivity index is 1.74. The summed E-state index contributed by atoms with van der Waals surface area (Å²) in [5.74, 6) is 0.169. The van der Waals surface area contributed by atoms with Gasteiger partial charge in [0.2, 0.25) is 0 Å². The fourth-order valence-electron chi connectivity index (χ4n) is 2.75. The van der Waals surface area contributed by atoms with Crippen molar-refractivity contribution < 1.29 is 14.6 Å². The summed E-state index contributed by atoms with van der Waals surface area (Å²) in [6.07, 6.45) is 2.79. The van der Waals surface area contributed by atoms with E-state index in [4.69, 9.17) is 9.84 Å². The molecule has 1 aliphatic rings. The lowest BCUT2D eigenvalue weighted by Gasteiger charge is -2.26. The van der Waals surface area contributed by atoms with Gasteiger partial charge in [0.1, 0.15) is 11.9 Å². The smallest absolute Gasteiger partial charge is 0.303 e. The molecule has 1 N–H and O–H groups in total. The molecule has 1 atom stereocenters. The monoisotopic (exact) mass is 282 g/mol. The number of carboxylic acids is 1. The van der Waals surface area contributed by atoms with E-state index in [1.807, 2.05) is 30.3 Å². The standard InChI is InChI=1S/C18H18O3/c19-18(20)11-7-13-6-9-17-15(12-13)8-10-16(21-17)14-4-2-1-3-5-14/h1-6,9,12,16H,7-8,10-11H2,(H,19,20). The summed E-state index contributed by atoms with van der Waals surface area (Å²) in [4.78, 5) is 10.6. The Kier molecular flexibility index (Phi) is 3.91. The number of aryl methyl sites for hydroxylation is 2. The maximum Gasteiger partial charge on any atom is 0.303 e. The first kappa shape index (κ1) is 13.7. The fourth-order valence-corrected chi connectivity index (χ4v) is 2.75. The van der Waals surface area contributed by atoms with Gasteiger partial charge in [-0.15, -0.1) is 0 Å². The predicted molar refractivity (Wildman–Crippen MR) is 80.5 cm³/mol. The lowest BCUT2D eigenvalue weighted by molar-refractivity contribution is -0.136. The minimum atomic E-state index is -0.756. The quantitative estimate of drug-likeness (QED) is 0.928. The van der Waals surface area contributed by atoms with Crippen LogP contribution in [-0.2, 0) is 17.6 Å². The average Bonchev–Trinajstić information content (AvgIpc) is 2.53. The van der Waals surface area contributed by atoms with Crippen molar-refractivity contribution in [3.8, 4) is 5.75 Å². The van der Waals surface area contributed by atoms with Crippen molar-refractivity contribution >= 4 is 5.97 Å². The number of hydrogen-bond donors (Lipinski definition) is 1. The molecule has 1 heterocycles. The highest BCUT2D eigenvalue weighted by atomic mass is 16.5. The Hall–Kier alpha value is -2.29. The second kappa shape index (κ2) is 6.00. The summed E-state index contributed by atoms with van der Waals surface area (Å²) in [7, 11) is 0. The molecule has 0 saturated carbocycles. The topological polar surface area (TPSA) is 46.5 Å². The van der Waals surface area contributed by atoms with E-state index in [2.05, 4.69) is 18.2 Å². The Morgan fingerprint density at radius 3 is 2.76 bits per heavy atom. The molecule has 0 bridgehead atoms. The van der Waals surface area contributed by atoms with Crippen molar-refractivity contribution in [3.63, 3.8) is 0 Å². The first-order valence-electron chi connectivity index (χ1n) is 7.27. The van der Waals surface area contributed by atoms with Gasteiger partial charge < -0.3 is 9.84 Å². The molecule has 3 rings (SSSR count). The third-order valence-corrected chi connectivity index (χ3v) is 3.87. The summed E-state index contributed by atoms with van der Waals surface area (Å²) in [6, 6.07) is 16.3. The number of aliphatic carboxylic acids is 1. The molecular weight excluding hydrogens is 264 g/mol. The molecule has 2 aromatic carbocycles. The number of ether oxygens (including phenoxy) is 1. The molecule has 2 aromatic rings. The van der Waals surface area contributed by atoms with E-state index in [-0.39, 0.29) is 12.5 Å². The number of hydrogen-bond acceptors (Lipinski definition) is 2. The predicted octanol–water partition coefficient (Wildman–Crippen LogP) is 3.77. The van der Waals surface area contributed by atoms with Crippen LogP contribution in [0.5, 0.6) is 5.75 Å². The van der Waals surface area contributed by atoms with E-state index in [9.17, 15) is 4.79 Å². The second-order valence-corrected chi connectivity index (χ2v) is 5.39. The highest BCUT2D eigenvalue weighted by Crippen LogP contribution is 2.35. The van der Waals surface area contributed by atoms with Crippen molar-refractivity contribution in [2.24, 2.45) is 0 Å². The maximum absolute atomic E-state index is 10.6. The zero-order valence-corrected chi connectivity index (χ0v) is 11.8. The zero-order valence-electron chi connectivity index (χ0n) is 11.8. The molecule has 0 spiro atoms. The largest absolute Gasteiger partial charge is 0.485 e. The first-order valence-corrected chi connectivity index (χ1v) is 7.27. The van der Waals surface area contributed by atoms with Crippen LogP contribution in [0, 0.1) is 0 Å². The van der Waals surface area contributed by atoms with Gasteiger partial charge in [-0.3, -0.25) is 4.79 Å². The molecule has 0 aromatic heterocycles. The van der Waals surface area contributed by atoms with Crippen LogP contribution in [0.1, 0.15) is 35.6 Å². The normalized spacial score (nSPS) is 16.9. The van der Waals surface area contributed by atoms with Crippen molar-refractivity contribution in [1.82, 2.24) is 0 Å². The lowest BCUT2D eigenvalue weighted by atomic mass is 9.95. The summed E-state index contributed by atoms with van der Waals surface area (Å²) >= 11 is 0. The molecule has 21 heavy (non-hydrogen) atoms. The van der Waals surface area contributed by atoms with Gasteiger partial charge >= 0.3 is 5.97 Å². The molecule has 0 aliphatic carbocycles. The van der Waals surface area contributed by atoms with Crippen LogP contribution < -0.4 is 4.74 Å². The van der Waals surface area contributed by atoms with E-state index in [1.165, 1.54) is 11.1 Å². The number of carbonyl (C=O) groups is 1. The van der Waals surface area contributed by atoms with E-state index in [1.54, 1.807) is 0 Å². The van der Waals surface area contributed by atoms with Crippen molar-refractivity contribution in [1.29, 1.82) is 0 Å². The second-order valence-electron chi connectivity index (χ2n) is 5.39. The Labute approximate surface area is 124 Å². The first-order chi connectivity index (χ1) is 10.2. The molecule has 0 radical (unpaired) electrons. The van der Waals surface area contributed by atoms with Crippen molar-refractivity contribution in [3.05, 3.63) is 65.2 Å². The highest BCUT2D eigenvalue weighted by Gasteiger charge is 2.21. The van der Waals surface area contributed by atoms with Gasteiger partial charge in [-0.05, 0) is 42.0 Å². The van der Waals surface area contributed by atoms with Gasteiger partial charge in [-0.1, -0.05) is 42.5 Å². The van der Waals surface area contributed by atoms with Gasteiger partial charge in [0.25, 0.3) is 0 Å². The third kappa shape index (κ3) is 3.24. The van der Waals surface area contributed by atoms with E-state index < -0.39 is 5.97 Å². The summed E-state index contributed by atoms with van der Waals surface area (Å²) in [6.45, 7) is 0. The Morgan fingerprint density at radius 1 is 1.19 bits per heavy atom. The molecular formula is C18H18O3. The van der Waals surface area contributed by atoms with Gasteiger partial charge in [0.15, 0.2) is 0 Å².